The first-order valence-corrected chi connectivity index (χ1v) is 2.00. The molecular weight excluding hydrogens is 114 g/mol. The number of nitrogens with one attached hydrogen (secondary N) is 1. The molecule has 0 heterocycles. The van der Waals surface area contributed by atoms with Crippen LogP contribution in [-0.2, 0) is 0 Å². The SMILES string of the molecule is NC(=S)NCN=O. The highest BCUT2D eigenvalue weighted by atomic mass is 32.1. The van der Waals surface area contributed by atoms with Crippen LogP contribution in [0.15, 0.2) is 5.18 Å². The molecule has 0 spiro atoms. The Morgan fingerprint density at radius 1 is 2.00 bits per heavy atom. The molecule has 0 rings (SSSR count). The summed E-state index contributed by atoms with van der Waals surface area (Å²) in [6, 6.07) is 0. The van der Waals surface area contributed by atoms with Gasteiger partial charge in [0, 0.05) is 0 Å². The van der Waals surface area contributed by atoms with Gasteiger partial charge in [0.15, 0.2) is 11.8 Å². The summed E-state index contributed by atoms with van der Waals surface area (Å²) in [5.74, 6) is 0. The van der Waals surface area contributed by atoms with E-state index in [1.165, 1.54) is 0 Å². The second-order valence-electron chi connectivity index (χ2n) is 0.828. The quantitative estimate of drug-likeness (QED) is 0.381. The molecule has 0 aromatic rings. The van der Waals surface area contributed by atoms with Gasteiger partial charge in [0.1, 0.15) is 0 Å². The average Bonchev–Trinajstić information content (AvgIpc) is 1.61. The molecule has 0 aliphatic heterocycles. The van der Waals surface area contributed by atoms with Gasteiger partial charge in [-0.2, -0.15) is 0 Å². The Balaban J connectivity index is 2.97. The first kappa shape index (κ1) is 6.29. The zero-order valence-corrected chi connectivity index (χ0v) is 4.36. The van der Waals surface area contributed by atoms with Crippen molar-refractivity contribution in [2.45, 2.75) is 0 Å². The van der Waals surface area contributed by atoms with Crippen LogP contribution in [0.5, 0.6) is 0 Å². The molecule has 0 saturated heterocycles. The lowest BCUT2D eigenvalue weighted by molar-refractivity contribution is 0.924. The lowest BCUT2D eigenvalue weighted by Gasteiger charge is -1.91. The second-order valence-corrected chi connectivity index (χ2v) is 1.27. The van der Waals surface area contributed by atoms with Crippen molar-refractivity contribution in [1.82, 2.24) is 5.32 Å². The molecule has 3 N–H and O–H groups in total. The number of nitrogens with two attached hydrogens (primary N) is 1. The summed E-state index contributed by atoms with van der Waals surface area (Å²) in [6.07, 6.45) is 0. The molecule has 0 aromatic heterocycles. The van der Waals surface area contributed by atoms with E-state index in [2.05, 4.69) is 22.7 Å². The predicted octanol–water partition coefficient (Wildman–Crippen LogP) is -0.456. The molecule has 0 bridgehead atoms. The van der Waals surface area contributed by atoms with Crippen LogP contribution in [0, 0.1) is 4.91 Å². The summed E-state index contributed by atoms with van der Waals surface area (Å²) in [5.41, 5.74) is 4.90. The molecule has 0 aliphatic carbocycles. The smallest absolute Gasteiger partial charge is 0.165 e. The summed E-state index contributed by atoms with van der Waals surface area (Å²) in [6.45, 7) is -0.0463. The van der Waals surface area contributed by atoms with Gasteiger partial charge >= 0.3 is 0 Å². The van der Waals surface area contributed by atoms with Gasteiger partial charge in [0.2, 0.25) is 0 Å². The van der Waals surface area contributed by atoms with Gasteiger partial charge in [-0.1, -0.05) is 0 Å². The van der Waals surface area contributed by atoms with E-state index in [0.717, 1.165) is 0 Å². The fraction of sp³-hybridized carbons (Fsp3) is 0.500. The highest BCUT2D eigenvalue weighted by molar-refractivity contribution is 7.80. The van der Waals surface area contributed by atoms with Crippen molar-refractivity contribution >= 4 is 17.3 Å². The zero-order valence-electron chi connectivity index (χ0n) is 3.55. The Kier molecular flexibility index (Phi) is 3.13. The first-order valence-electron chi connectivity index (χ1n) is 1.60. The van der Waals surface area contributed by atoms with Crippen LogP contribution in [0.25, 0.3) is 0 Å². The molecule has 0 aliphatic rings. The second kappa shape index (κ2) is 3.48. The van der Waals surface area contributed by atoms with Crippen LogP contribution < -0.4 is 11.1 Å². The van der Waals surface area contributed by atoms with Gasteiger partial charge < -0.3 is 11.1 Å². The monoisotopic (exact) mass is 119 g/mol. The van der Waals surface area contributed by atoms with Gasteiger partial charge in [-0.05, 0) is 17.4 Å². The maximum atomic E-state index is 9.28. The minimum absolute atomic E-state index is 0.0463. The number of hydrogen-bond acceptors (Lipinski definition) is 3. The van der Waals surface area contributed by atoms with E-state index in [4.69, 9.17) is 5.73 Å². The van der Waals surface area contributed by atoms with E-state index in [9.17, 15) is 4.91 Å². The van der Waals surface area contributed by atoms with E-state index in [1.54, 1.807) is 0 Å². The van der Waals surface area contributed by atoms with Gasteiger partial charge in [-0.15, -0.1) is 4.91 Å². The van der Waals surface area contributed by atoms with Crippen LogP contribution >= 0.6 is 12.2 Å². The van der Waals surface area contributed by atoms with Crippen LogP contribution in [0.1, 0.15) is 0 Å². The van der Waals surface area contributed by atoms with Crippen LogP contribution in [-0.4, -0.2) is 11.8 Å². The van der Waals surface area contributed by atoms with E-state index in [1.807, 2.05) is 0 Å². The number of rotatable bonds is 2. The zero-order chi connectivity index (χ0) is 5.70. The van der Waals surface area contributed by atoms with E-state index < -0.39 is 0 Å². The molecule has 4 nitrogen and oxygen atoms in total. The number of nitroso groups, excluding NO2 is 1. The molecular formula is C2H5N3OS. The third-order valence-electron chi connectivity index (χ3n) is 0.318. The maximum absolute atomic E-state index is 9.28. The molecule has 0 amide bonds. The number of hydrogen-bond donors (Lipinski definition) is 2. The molecule has 0 radical (unpaired) electrons. The largest absolute Gasteiger partial charge is 0.376 e. The fourth-order valence-corrected chi connectivity index (χ4v) is 0.175. The minimum Gasteiger partial charge on any atom is -0.376 e. The lowest BCUT2D eigenvalue weighted by Crippen LogP contribution is -2.28. The van der Waals surface area contributed by atoms with Gasteiger partial charge in [0.25, 0.3) is 0 Å². The Morgan fingerprint density at radius 2 is 2.57 bits per heavy atom. The van der Waals surface area contributed by atoms with Crippen LogP contribution in [0.3, 0.4) is 0 Å². The minimum atomic E-state index is -0.0463. The normalized spacial score (nSPS) is 7.43. The third-order valence-corrected chi connectivity index (χ3v) is 0.462. The molecule has 0 atom stereocenters. The van der Waals surface area contributed by atoms with Crippen LogP contribution in [0.4, 0.5) is 0 Å². The van der Waals surface area contributed by atoms with E-state index >= 15 is 0 Å². The number of thiocarbonyl (C=S) groups is 1. The summed E-state index contributed by atoms with van der Waals surface area (Å²) >= 11 is 4.33. The topological polar surface area (TPSA) is 67.5 Å². The van der Waals surface area contributed by atoms with E-state index in [0.29, 0.717) is 0 Å². The Bertz CT molecular complexity index is 83.0. The Morgan fingerprint density at radius 3 is 2.71 bits per heavy atom. The molecule has 7 heavy (non-hydrogen) atoms. The molecule has 0 saturated carbocycles. The average molecular weight is 119 g/mol. The van der Waals surface area contributed by atoms with Crippen molar-refractivity contribution in [2.75, 3.05) is 6.67 Å². The highest BCUT2D eigenvalue weighted by Gasteiger charge is 1.79. The molecule has 0 fully saturated rings. The van der Waals surface area contributed by atoms with Crippen LogP contribution in [0.2, 0.25) is 0 Å². The molecule has 0 unspecified atom stereocenters. The first-order chi connectivity index (χ1) is 3.27. The summed E-state index contributed by atoms with van der Waals surface area (Å²) < 4.78 is 0. The summed E-state index contributed by atoms with van der Waals surface area (Å²) in [4.78, 5) is 9.28. The van der Waals surface area contributed by atoms with Crippen molar-refractivity contribution in [3.05, 3.63) is 4.91 Å². The van der Waals surface area contributed by atoms with Crippen molar-refractivity contribution in [3.8, 4) is 0 Å². The molecule has 0 aromatic carbocycles. The lowest BCUT2D eigenvalue weighted by atomic mass is 11.0. The van der Waals surface area contributed by atoms with Gasteiger partial charge in [-0.3, -0.25) is 0 Å². The third kappa shape index (κ3) is 5.29. The Labute approximate surface area is 46.0 Å². The summed E-state index contributed by atoms with van der Waals surface area (Å²) in [5, 5.41) is 4.87. The predicted molar refractivity (Wildman–Crippen MR) is 30.6 cm³/mol. The standard InChI is InChI=1S/C2H5N3OS/c3-2(7)4-1-5-6/h1H2,(H3,3,4,7). The van der Waals surface area contributed by atoms with E-state index in [-0.39, 0.29) is 11.8 Å². The van der Waals surface area contributed by atoms with Gasteiger partial charge in [-0.25, -0.2) is 0 Å². The summed E-state index contributed by atoms with van der Waals surface area (Å²) in [7, 11) is 0. The molecule has 5 heteroatoms. The Hall–Kier alpha value is -0.710. The van der Waals surface area contributed by atoms with Crippen molar-refractivity contribution < 1.29 is 0 Å². The van der Waals surface area contributed by atoms with Crippen molar-refractivity contribution in [1.29, 1.82) is 0 Å². The highest BCUT2D eigenvalue weighted by Crippen LogP contribution is 1.58. The van der Waals surface area contributed by atoms with Crippen molar-refractivity contribution in [2.24, 2.45) is 10.9 Å². The van der Waals surface area contributed by atoms with Gasteiger partial charge in [0.05, 0.1) is 0 Å². The molecule has 40 valence electrons. The fourth-order valence-electron chi connectivity index (χ4n) is 0.110. The maximum Gasteiger partial charge on any atom is 0.165 e. The number of nitrogens with zero attached hydrogens (tertiary/aromatic N) is 1. The van der Waals surface area contributed by atoms with Crippen molar-refractivity contribution in [3.63, 3.8) is 0 Å².